The molecule has 1 unspecified atom stereocenters. The molecule has 1 heterocycles. The molecule has 6 N–H and O–H groups in total. The van der Waals surface area contributed by atoms with Crippen LogP contribution in [-0.2, 0) is 14.4 Å². The highest BCUT2D eigenvalue weighted by atomic mass is 16.4. The summed E-state index contributed by atoms with van der Waals surface area (Å²) >= 11 is 0. The number of allylic oxidation sites excluding steroid dienone is 1. The number of nitrogens with two attached hydrogens (primary N) is 1. The Bertz CT molecular complexity index is 639. The first-order valence-electron chi connectivity index (χ1n) is 7.77. The molecule has 25 heavy (non-hydrogen) atoms. The average molecular weight is 350 g/mol. The Morgan fingerprint density at radius 3 is 2.60 bits per heavy atom. The van der Waals surface area contributed by atoms with Crippen LogP contribution in [0.2, 0.25) is 0 Å². The minimum atomic E-state index is -1.31. The highest BCUT2D eigenvalue weighted by Crippen LogP contribution is 1.97. The number of amides is 2. The first-order valence-corrected chi connectivity index (χ1v) is 7.77. The van der Waals surface area contributed by atoms with E-state index < -0.39 is 35.7 Å². The highest BCUT2D eigenvalue weighted by Gasteiger charge is 2.23. The molecule has 0 fully saturated rings. The SMILES string of the molecule is CCC[C@H](N)C(=O)NC(CNC(=O)/C=C/C(=O)c1ccc[nH]1)C(=O)O. The fraction of sp³-hybridized carbons (Fsp3) is 0.375. The largest absolute Gasteiger partial charge is 0.480 e. The molecule has 2 atom stereocenters. The molecule has 1 aromatic rings. The van der Waals surface area contributed by atoms with E-state index in [1.165, 1.54) is 0 Å². The molecule has 1 rings (SSSR count). The molecule has 0 saturated heterocycles. The fourth-order valence-corrected chi connectivity index (χ4v) is 1.91. The molecular formula is C16H22N4O5. The number of aromatic amines is 1. The maximum Gasteiger partial charge on any atom is 0.328 e. The number of hydrogen-bond donors (Lipinski definition) is 5. The maximum atomic E-state index is 11.8. The number of carboxylic acids is 1. The molecular weight excluding hydrogens is 328 g/mol. The van der Waals surface area contributed by atoms with Crippen LogP contribution in [0.4, 0.5) is 0 Å². The van der Waals surface area contributed by atoms with Gasteiger partial charge in [-0.2, -0.15) is 0 Å². The summed E-state index contributed by atoms with van der Waals surface area (Å²) in [5.41, 5.74) is 5.94. The zero-order valence-electron chi connectivity index (χ0n) is 13.8. The molecule has 0 bridgehead atoms. The first kappa shape index (κ1) is 20.1. The van der Waals surface area contributed by atoms with Crippen molar-refractivity contribution < 1.29 is 24.3 Å². The van der Waals surface area contributed by atoms with Crippen molar-refractivity contribution >= 4 is 23.6 Å². The van der Waals surface area contributed by atoms with E-state index in [1.807, 2.05) is 6.92 Å². The first-order chi connectivity index (χ1) is 11.8. The molecule has 2 amide bonds. The van der Waals surface area contributed by atoms with E-state index in [1.54, 1.807) is 18.3 Å². The van der Waals surface area contributed by atoms with Gasteiger partial charge in [0.15, 0.2) is 0 Å². The van der Waals surface area contributed by atoms with E-state index in [4.69, 9.17) is 10.8 Å². The van der Waals surface area contributed by atoms with Gasteiger partial charge in [-0.15, -0.1) is 0 Å². The third-order valence-corrected chi connectivity index (χ3v) is 3.28. The van der Waals surface area contributed by atoms with Crippen molar-refractivity contribution in [2.24, 2.45) is 5.73 Å². The summed E-state index contributed by atoms with van der Waals surface area (Å²) in [7, 11) is 0. The zero-order chi connectivity index (χ0) is 18.8. The van der Waals surface area contributed by atoms with Gasteiger partial charge in [-0.05, 0) is 24.6 Å². The van der Waals surface area contributed by atoms with Crippen LogP contribution in [0.15, 0.2) is 30.5 Å². The smallest absolute Gasteiger partial charge is 0.328 e. The van der Waals surface area contributed by atoms with Crippen LogP contribution in [0.5, 0.6) is 0 Å². The second kappa shape index (κ2) is 10.0. The third kappa shape index (κ3) is 7.00. The molecule has 136 valence electrons. The van der Waals surface area contributed by atoms with Gasteiger partial charge >= 0.3 is 5.97 Å². The molecule has 9 heteroatoms. The second-order valence-corrected chi connectivity index (χ2v) is 5.32. The van der Waals surface area contributed by atoms with Crippen LogP contribution in [0.1, 0.15) is 30.3 Å². The Morgan fingerprint density at radius 2 is 2.04 bits per heavy atom. The number of carbonyl (C=O) groups excluding carboxylic acids is 3. The van der Waals surface area contributed by atoms with Crippen molar-refractivity contribution in [2.75, 3.05) is 6.54 Å². The van der Waals surface area contributed by atoms with Gasteiger partial charge in [0.05, 0.1) is 11.7 Å². The van der Waals surface area contributed by atoms with Crippen molar-refractivity contribution in [3.63, 3.8) is 0 Å². The summed E-state index contributed by atoms with van der Waals surface area (Å²) in [6.45, 7) is 1.52. The molecule has 0 aliphatic rings. The van der Waals surface area contributed by atoms with Gasteiger partial charge in [0.2, 0.25) is 17.6 Å². The lowest BCUT2D eigenvalue weighted by Crippen LogP contribution is -2.52. The molecule has 9 nitrogen and oxygen atoms in total. The van der Waals surface area contributed by atoms with Crippen LogP contribution in [0.3, 0.4) is 0 Å². The molecule has 0 saturated carbocycles. The van der Waals surface area contributed by atoms with E-state index in [0.717, 1.165) is 12.2 Å². The number of aromatic nitrogens is 1. The highest BCUT2D eigenvalue weighted by molar-refractivity contribution is 6.06. The molecule has 0 spiro atoms. The minimum Gasteiger partial charge on any atom is -0.480 e. The lowest BCUT2D eigenvalue weighted by Gasteiger charge is -2.17. The number of H-pyrrole nitrogens is 1. The Labute approximate surface area is 144 Å². The number of carboxylic acid groups (broad SMARTS) is 1. The predicted octanol–water partition coefficient (Wildman–Crippen LogP) is -0.433. The van der Waals surface area contributed by atoms with Gasteiger partial charge < -0.3 is 26.5 Å². The van der Waals surface area contributed by atoms with Crippen molar-refractivity contribution in [1.29, 1.82) is 0 Å². The van der Waals surface area contributed by atoms with Crippen LogP contribution in [0, 0.1) is 0 Å². The van der Waals surface area contributed by atoms with Crippen molar-refractivity contribution in [3.05, 3.63) is 36.2 Å². The number of ketones is 1. The summed E-state index contributed by atoms with van der Waals surface area (Å²) < 4.78 is 0. The van der Waals surface area contributed by atoms with E-state index in [9.17, 15) is 19.2 Å². The van der Waals surface area contributed by atoms with Gasteiger partial charge in [-0.3, -0.25) is 14.4 Å². The maximum absolute atomic E-state index is 11.8. The van der Waals surface area contributed by atoms with Crippen LogP contribution in [-0.4, -0.2) is 52.3 Å². The van der Waals surface area contributed by atoms with E-state index >= 15 is 0 Å². The summed E-state index contributed by atoms with van der Waals surface area (Å²) in [6.07, 6.45) is 4.74. The normalized spacial score (nSPS) is 13.2. The monoisotopic (exact) mass is 350 g/mol. The topological polar surface area (TPSA) is 154 Å². The molecule has 0 aliphatic heterocycles. The van der Waals surface area contributed by atoms with Gasteiger partial charge in [-0.1, -0.05) is 13.3 Å². The number of aliphatic carboxylic acids is 1. The summed E-state index contributed by atoms with van der Waals surface area (Å²) in [5, 5.41) is 13.7. The predicted molar refractivity (Wildman–Crippen MR) is 89.7 cm³/mol. The van der Waals surface area contributed by atoms with E-state index in [-0.39, 0.29) is 6.54 Å². The third-order valence-electron chi connectivity index (χ3n) is 3.28. The van der Waals surface area contributed by atoms with Gasteiger partial charge in [0.25, 0.3) is 0 Å². The summed E-state index contributed by atoms with van der Waals surface area (Å²) in [4.78, 5) is 49.0. The van der Waals surface area contributed by atoms with Gasteiger partial charge in [0.1, 0.15) is 6.04 Å². The molecule has 0 aromatic carbocycles. The fourth-order valence-electron chi connectivity index (χ4n) is 1.91. The van der Waals surface area contributed by atoms with Crippen LogP contribution >= 0.6 is 0 Å². The molecule has 0 aliphatic carbocycles. The lowest BCUT2D eigenvalue weighted by molar-refractivity contribution is -0.142. The quantitative estimate of drug-likeness (QED) is 0.285. The standard InChI is InChI=1S/C16H22N4O5/c1-2-4-10(17)15(23)20-12(16(24)25)9-19-14(22)7-6-13(21)11-5-3-8-18-11/h3,5-8,10,12,18H,2,4,9,17H2,1H3,(H,19,22)(H,20,23)(H,24,25)/b7-6+/t10-,12?/m0/s1. The summed E-state index contributed by atoms with van der Waals surface area (Å²) in [6, 6.07) is 1.08. The number of hydrogen-bond acceptors (Lipinski definition) is 5. The van der Waals surface area contributed by atoms with Crippen LogP contribution < -0.4 is 16.4 Å². The van der Waals surface area contributed by atoms with Crippen molar-refractivity contribution in [1.82, 2.24) is 15.6 Å². The average Bonchev–Trinajstić information content (AvgIpc) is 3.10. The van der Waals surface area contributed by atoms with E-state index in [0.29, 0.717) is 18.5 Å². The van der Waals surface area contributed by atoms with Gasteiger partial charge in [-0.25, -0.2) is 4.79 Å². The number of carbonyl (C=O) groups is 4. The van der Waals surface area contributed by atoms with Gasteiger partial charge in [0, 0.05) is 18.8 Å². The minimum absolute atomic E-state index is 0.324. The molecule has 1 aromatic heterocycles. The Balaban J connectivity index is 2.51. The Morgan fingerprint density at radius 1 is 1.32 bits per heavy atom. The Kier molecular flexibility index (Phi) is 8.07. The number of rotatable bonds is 10. The van der Waals surface area contributed by atoms with Crippen LogP contribution in [0.25, 0.3) is 0 Å². The summed E-state index contributed by atoms with van der Waals surface area (Å²) in [5.74, 6) is -2.95. The number of nitrogens with one attached hydrogen (secondary N) is 3. The van der Waals surface area contributed by atoms with E-state index in [2.05, 4.69) is 15.6 Å². The lowest BCUT2D eigenvalue weighted by atomic mass is 10.1. The van der Waals surface area contributed by atoms with Crippen molar-refractivity contribution in [3.8, 4) is 0 Å². The Hall–Kier alpha value is -2.94. The zero-order valence-corrected chi connectivity index (χ0v) is 13.8. The molecule has 0 radical (unpaired) electrons. The van der Waals surface area contributed by atoms with Crippen molar-refractivity contribution in [2.45, 2.75) is 31.8 Å². The second-order valence-electron chi connectivity index (χ2n) is 5.32.